The van der Waals surface area contributed by atoms with Crippen molar-refractivity contribution in [3.63, 3.8) is 0 Å². The molecule has 0 radical (unpaired) electrons. The molecule has 0 bridgehead atoms. The van der Waals surface area contributed by atoms with Crippen LogP contribution in [0.5, 0.6) is 0 Å². The minimum Gasteiger partial charge on any atom is -0.365 e. The van der Waals surface area contributed by atoms with Crippen LogP contribution in [0.25, 0.3) is 0 Å². The highest BCUT2D eigenvalue weighted by molar-refractivity contribution is 4.69. The monoisotopic (exact) mass is 298 g/mol. The molecule has 0 aliphatic carbocycles. The lowest BCUT2D eigenvalue weighted by atomic mass is 10.0. The van der Waals surface area contributed by atoms with Crippen LogP contribution in [-0.2, 0) is 4.74 Å². The van der Waals surface area contributed by atoms with Crippen molar-refractivity contribution >= 4 is 0 Å². The largest absolute Gasteiger partial charge is 0.365 e. The van der Waals surface area contributed by atoms with E-state index in [2.05, 4.69) is 13.5 Å². The highest BCUT2D eigenvalue weighted by Crippen LogP contribution is 2.12. The molecule has 0 heterocycles. The number of hydrogen-bond acceptors (Lipinski definition) is 2. The first-order chi connectivity index (χ1) is 10.3. The second-order valence-corrected chi connectivity index (χ2v) is 6.09. The zero-order valence-corrected chi connectivity index (χ0v) is 14.3. The van der Waals surface area contributed by atoms with Crippen molar-refractivity contribution in [2.75, 3.05) is 6.61 Å². The number of aliphatic hydroxyl groups is 1. The predicted octanol–water partition coefficient (Wildman–Crippen LogP) is 5.99. The summed E-state index contributed by atoms with van der Waals surface area (Å²) in [5, 5.41) is 9.12. The summed E-state index contributed by atoms with van der Waals surface area (Å²) >= 11 is 0. The van der Waals surface area contributed by atoms with Gasteiger partial charge >= 0.3 is 0 Å². The van der Waals surface area contributed by atoms with Crippen LogP contribution in [0.1, 0.15) is 96.8 Å². The highest BCUT2D eigenvalue weighted by atomic mass is 16.6. The van der Waals surface area contributed by atoms with Crippen molar-refractivity contribution in [2.45, 2.75) is 103 Å². The maximum Gasteiger partial charge on any atom is 0.173 e. The zero-order chi connectivity index (χ0) is 15.6. The van der Waals surface area contributed by atoms with Crippen LogP contribution >= 0.6 is 0 Å². The van der Waals surface area contributed by atoms with Gasteiger partial charge in [0, 0.05) is 0 Å². The standard InChI is InChI=1S/C19H38O2/c1-3-5-6-7-8-9-10-11-12-13-14-15-16-17-18-21-19(20)4-2/h4,19-20H,2-3,5-18H2,1H3. The van der Waals surface area contributed by atoms with E-state index in [1.165, 1.54) is 89.5 Å². The van der Waals surface area contributed by atoms with Gasteiger partial charge in [0.15, 0.2) is 6.29 Å². The molecule has 0 fully saturated rings. The lowest BCUT2D eigenvalue weighted by Gasteiger charge is -2.07. The fourth-order valence-electron chi connectivity index (χ4n) is 2.57. The van der Waals surface area contributed by atoms with Gasteiger partial charge in [0.05, 0.1) is 6.61 Å². The maximum atomic E-state index is 9.12. The van der Waals surface area contributed by atoms with Crippen LogP contribution in [0, 0.1) is 0 Å². The Balaban J connectivity index is 2.98. The summed E-state index contributed by atoms with van der Waals surface area (Å²) in [6.07, 6.45) is 19.7. The van der Waals surface area contributed by atoms with Gasteiger partial charge in [-0.2, -0.15) is 0 Å². The van der Waals surface area contributed by atoms with Crippen molar-refractivity contribution in [1.29, 1.82) is 0 Å². The van der Waals surface area contributed by atoms with Crippen LogP contribution < -0.4 is 0 Å². The van der Waals surface area contributed by atoms with Gasteiger partial charge in [-0.25, -0.2) is 0 Å². The molecule has 1 N–H and O–H groups in total. The number of unbranched alkanes of at least 4 members (excludes halogenated alkanes) is 13. The first-order valence-corrected chi connectivity index (χ1v) is 9.23. The fourth-order valence-corrected chi connectivity index (χ4v) is 2.57. The van der Waals surface area contributed by atoms with Gasteiger partial charge in [0.25, 0.3) is 0 Å². The predicted molar refractivity (Wildman–Crippen MR) is 92.5 cm³/mol. The van der Waals surface area contributed by atoms with Crippen molar-refractivity contribution < 1.29 is 9.84 Å². The molecule has 0 aliphatic rings. The van der Waals surface area contributed by atoms with Crippen LogP contribution in [0.15, 0.2) is 12.7 Å². The third-order valence-electron chi connectivity index (χ3n) is 3.99. The van der Waals surface area contributed by atoms with Gasteiger partial charge in [-0.3, -0.25) is 0 Å². The molecule has 2 heteroatoms. The van der Waals surface area contributed by atoms with Gasteiger partial charge in [-0.1, -0.05) is 97.0 Å². The van der Waals surface area contributed by atoms with Crippen LogP contribution in [0.4, 0.5) is 0 Å². The number of hydrogen-bond donors (Lipinski definition) is 1. The van der Waals surface area contributed by atoms with E-state index < -0.39 is 6.29 Å². The molecule has 0 aromatic heterocycles. The Kier molecular flexibility index (Phi) is 17.4. The Hall–Kier alpha value is -0.340. The van der Waals surface area contributed by atoms with Gasteiger partial charge in [-0.05, 0) is 12.5 Å². The molecule has 126 valence electrons. The zero-order valence-electron chi connectivity index (χ0n) is 14.3. The van der Waals surface area contributed by atoms with E-state index in [0.29, 0.717) is 6.61 Å². The average Bonchev–Trinajstić information content (AvgIpc) is 2.50. The Morgan fingerprint density at radius 1 is 0.762 bits per heavy atom. The lowest BCUT2D eigenvalue weighted by molar-refractivity contribution is -0.0648. The van der Waals surface area contributed by atoms with Crippen LogP contribution in [0.2, 0.25) is 0 Å². The molecular weight excluding hydrogens is 260 g/mol. The van der Waals surface area contributed by atoms with Gasteiger partial charge in [-0.15, -0.1) is 0 Å². The van der Waals surface area contributed by atoms with E-state index in [1.807, 2.05) is 0 Å². The number of aliphatic hydroxyl groups excluding tert-OH is 1. The smallest absolute Gasteiger partial charge is 0.173 e. The third-order valence-corrected chi connectivity index (χ3v) is 3.99. The number of rotatable bonds is 17. The Labute approximate surface area is 133 Å². The molecule has 0 saturated carbocycles. The number of ether oxygens (including phenoxy) is 1. The SMILES string of the molecule is C=CC(O)OCCCCCCCCCCCCCCCC. The summed E-state index contributed by atoms with van der Waals surface area (Å²) < 4.78 is 5.14. The summed E-state index contributed by atoms with van der Waals surface area (Å²) in [5.74, 6) is 0. The Morgan fingerprint density at radius 2 is 1.14 bits per heavy atom. The van der Waals surface area contributed by atoms with Gasteiger partial charge < -0.3 is 9.84 Å². The summed E-state index contributed by atoms with van der Waals surface area (Å²) in [6, 6.07) is 0. The topological polar surface area (TPSA) is 29.5 Å². The first-order valence-electron chi connectivity index (χ1n) is 9.23. The van der Waals surface area contributed by atoms with E-state index in [1.54, 1.807) is 0 Å². The molecule has 0 saturated heterocycles. The molecule has 1 atom stereocenters. The van der Waals surface area contributed by atoms with E-state index in [4.69, 9.17) is 9.84 Å². The second-order valence-electron chi connectivity index (χ2n) is 6.09. The molecule has 2 nitrogen and oxygen atoms in total. The Bertz CT molecular complexity index is 204. The first kappa shape index (κ1) is 20.7. The molecule has 0 aliphatic heterocycles. The third kappa shape index (κ3) is 17.6. The second kappa shape index (κ2) is 17.7. The molecule has 0 aromatic carbocycles. The fraction of sp³-hybridized carbons (Fsp3) is 0.895. The Morgan fingerprint density at radius 3 is 1.52 bits per heavy atom. The van der Waals surface area contributed by atoms with Gasteiger partial charge in [0.1, 0.15) is 0 Å². The molecule has 0 aromatic rings. The van der Waals surface area contributed by atoms with Crippen molar-refractivity contribution in [2.24, 2.45) is 0 Å². The quantitative estimate of drug-likeness (QED) is 0.203. The lowest BCUT2D eigenvalue weighted by Crippen LogP contribution is -2.08. The summed E-state index contributed by atoms with van der Waals surface area (Å²) in [5.41, 5.74) is 0. The van der Waals surface area contributed by atoms with E-state index >= 15 is 0 Å². The maximum absolute atomic E-state index is 9.12. The van der Waals surface area contributed by atoms with Crippen molar-refractivity contribution in [3.05, 3.63) is 12.7 Å². The average molecular weight is 299 g/mol. The summed E-state index contributed by atoms with van der Waals surface area (Å²) in [7, 11) is 0. The molecular formula is C19H38O2. The van der Waals surface area contributed by atoms with Crippen LogP contribution in [0.3, 0.4) is 0 Å². The van der Waals surface area contributed by atoms with E-state index in [0.717, 1.165) is 6.42 Å². The molecule has 0 amide bonds. The molecule has 21 heavy (non-hydrogen) atoms. The summed E-state index contributed by atoms with van der Waals surface area (Å²) in [4.78, 5) is 0. The molecule has 0 rings (SSSR count). The van der Waals surface area contributed by atoms with Gasteiger partial charge in [0.2, 0.25) is 0 Å². The summed E-state index contributed by atoms with van der Waals surface area (Å²) in [6.45, 7) is 6.39. The van der Waals surface area contributed by atoms with Crippen molar-refractivity contribution in [1.82, 2.24) is 0 Å². The minimum atomic E-state index is -0.785. The molecule has 1 unspecified atom stereocenters. The van der Waals surface area contributed by atoms with Crippen LogP contribution in [-0.4, -0.2) is 18.0 Å². The minimum absolute atomic E-state index is 0.644. The van der Waals surface area contributed by atoms with E-state index in [9.17, 15) is 0 Å². The normalized spacial score (nSPS) is 12.5. The van der Waals surface area contributed by atoms with E-state index in [-0.39, 0.29) is 0 Å². The highest BCUT2D eigenvalue weighted by Gasteiger charge is 1.97. The van der Waals surface area contributed by atoms with Crippen molar-refractivity contribution in [3.8, 4) is 0 Å². The molecule has 0 spiro atoms.